The molecule has 0 bridgehead atoms. The number of methoxy groups -OCH3 is 1. The summed E-state index contributed by atoms with van der Waals surface area (Å²) in [7, 11) is 1.67. The van der Waals surface area contributed by atoms with Crippen molar-refractivity contribution in [1.82, 2.24) is 10.6 Å². The van der Waals surface area contributed by atoms with E-state index in [9.17, 15) is 0 Å². The topological polar surface area (TPSA) is 45.7 Å². The molecule has 122 valence electrons. The number of nitrogens with zero attached hydrogens (tertiary/aromatic N) is 1. The van der Waals surface area contributed by atoms with Gasteiger partial charge in [-0.25, -0.2) is 4.99 Å². The van der Waals surface area contributed by atoms with Crippen molar-refractivity contribution >= 4 is 5.96 Å². The standard InChI is InChI=1S/C19H25N3O/c1-4-20-19(22-15(2)17-8-6-5-7-9-17)21-14-16-10-12-18(23-3)13-11-16/h5-13,15H,4,14H2,1-3H3,(H2,20,21,22). The minimum Gasteiger partial charge on any atom is -0.497 e. The molecule has 2 aromatic carbocycles. The number of aliphatic imine (C=N–C) groups is 1. The molecule has 4 heteroatoms. The van der Waals surface area contributed by atoms with E-state index in [-0.39, 0.29) is 6.04 Å². The first-order chi connectivity index (χ1) is 11.2. The molecule has 23 heavy (non-hydrogen) atoms. The van der Waals surface area contributed by atoms with Crippen LogP contribution in [0.5, 0.6) is 5.75 Å². The van der Waals surface area contributed by atoms with Crippen molar-refractivity contribution in [2.24, 2.45) is 4.99 Å². The van der Waals surface area contributed by atoms with Gasteiger partial charge in [-0.3, -0.25) is 0 Å². The maximum Gasteiger partial charge on any atom is 0.192 e. The van der Waals surface area contributed by atoms with Crippen LogP contribution in [-0.2, 0) is 6.54 Å². The monoisotopic (exact) mass is 311 g/mol. The van der Waals surface area contributed by atoms with Crippen LogP contribution in [-0.4, -0.2) is 19.6 Å². The van der Waals surface area contributed by atoms with Crippen LogP contribution in [0.4, 0.5) is 0 Å². The van der Waals surface area contributed by atoms with Crippen LogP contribution in [0.2, 0.25) is 0 Å². The van der Waals surface area contributed by atoms with Gasteiger partial charge < -0.3 is 15.4 Å². The van der Waals surface area contributed by atoms with Crippen LogP contribution in [0.25, 0.3) is 0 Å². The van der Waals surface area contributed by atoms with Gasteiger partial charge in [0.1, 0.15) is 5.75 Å². The molecule has 2 rings (SSSR count). The first kappa shape index (κ1) is 16.9. The molecule has 2 aromatic rings. The second-order valence-electron chi connectivity index (χ2n) is 5.32. The fraction of sp³-hybridized carbons (Fsp3) is 0.316. The molecular weight excluding hydrogens is 286 g/mol. The van der Waals surface area contributed by atoms with Crippen LogP contribution >= 0.6 is 0 Å². The largest absolute Gasteiger partial charge is 0.497 e. The van der Waals surface area contributed by atoms with Gasteiger partial charge in [-0.15, -0.1) is 0 Å². The molecular formula is C19H25N3O. The molecule has 0 aromatic heterocycles. The molecule has 0 heterocycles. The second-order valence-corrected chi connectivity index (χ2v) is 5.32. The number of hydrogen-bond donors (Lipinski definition) is 2. The maximum absolute atomic E-state index is 5.17. The third-order valence-corrected chi connectivity index (χ3v) is 3.58. The molecule has 1 unspecified atom stereocenters. The lowest BCUT2D eigenvalue weighted by atomic mass is 10.1. The molecule has 4 nitrogen and oxygen atoms in total. The Hall–Kier alpha value is -2.49. The van der Waals surface area contributed by atoms with E-state index in [1.54, 1.807) is 7.11 Å². The Bertz CT molecular complexity index is 608. The van der Waals surface area contributed by atoms with Gasteiger partial charge >= 0.3 is 0 Å². The minimum atomic E-state index is 0.199. The summed E-state index contributed by atoms with van der Waals surface area (Å²) in [4.78, 5) is 4.66. The van der Waals surface area contributed by atoms with Crippen molar-refractivity contribution in [2.75, 3.05) is 13.7 Å². The van der Waals surface area contributed by atoms with Gasteiger partial charge in [-0.05, 0) is 37.1 Å². The molecule has 0 aliphatic carbocycles. The van der Waals surface area contributed by atoms with Crippen LogP contribution < -0.4 is 15.4 Å². The average Bonchev–Trinajstić information content (AvgIpc) is 2.61. The summed E-state index contributed by atoms with van der Waals surface area (Å²) in [6.45, 7) is 5.66. The van der Waals surface area contributed by atoms with Gasteiger partial charge in [0.25, 0.3) is 0 Å². The summed E-state index contributed by atoms with van der Waals surface area (Å²) in [6.07, 6.45) is 0. The predicted octanol–water partition coefficient (Wildman–Crippen LogP) is 3.51. The van der Waals surface area contributed by atoms with E-state index in [0.717, 1.165) is 23.8 Å². The lowest BCUT2D eigenvalue weighted by Gasteiger charge is -2.18. The fourth-order valence-corrected chi connectivity index (χ4v) is 2.25. The van der Waals surface area contributed by atoms with E-state index < -0.39 is 0 Å². The van der Waals surface area contributed by atoms with Crippen molar-refractivity contribution in [3.05, 3.63) is 65.7 Å². The highest BCUT2D eigenvalue weighted by molar-refractivity contribution is 5.80. The minimum absolute atomic E-state index is 0.199. The zero-order valence-corrected chi connectivity index (χ0v) is 14.0. The third kappa shape index (κ3) is 5.33. The normalized spacial score (nSPS) is 12.6. The molecule has 0 amide bonds. The Kier molecular flexibility index (Phi) is 6.48. The first-order valence-corrected chi connectivity index (χ1v) is 7.95. The van der Waals surface area contributed by atoms with Crippen molar-refractivity contribution in [2.45, 2.75) is 26.4 Å². The maximum atomic E-state index is 5.17. The molecule has 0 saturated heterocycles. The molecule has 0 aliphatic heterocycles. The summed E-state index contributed by atoms with van der Waals surface area (Å²) in [6, 6.07) is 18.5. The first-order valence-electron chi connectivity index (χ1n) is 7.95. The highest BCUT2D eigenvalue weighted by Gasteiger charge is 2.06. The number of rotatable bonds is 6. The van der Waals surface area contributed by atoms with Crippen LogP contribution in [0.15, 0.2) is 59.6 Å². The highest BCUT2D eigenvalue weighted by Crippen LogP contribution is 2.13. The summed E-state index contributed by atoms with van der Waals surface area (Å²) < 4.78 is 5.17. The van der Waals surface area contributed by atoms with Crippen LogP contribution in [0.1, 0.15) is 31.0 Å². The molecule has 0 saturated carbocycles. The zero-order chi connectivity index (χ0) is 16.5. The molecule has 0 radical (unpaired) electrons. The van der Waals surface area contributed by atoms with E-state index in [0.29, 0.717) is 6.54 Å². The molecule has 0 fully saturated rings. The Balaban J connectivity index is 2.01. The van der Waals surface area contributed by atoms with Gasteiger partial charge in [0.05, 0.1) is 19.7 Å². The average molecular weight is 311 g/mol. The van der Waals surface area contributed by atoms with E-state index in [2.05, 4.69) is 53.7 Å². The van der Waals surface area contributed by atoms with Gasteiger partial charge in [0, 0.05) is 6.54 Å². The quantitative estimate of drug-likeness (QED) is 0.634. The zero-order valence-electron chi connectivity index (χ0n) is 14.0. The Morgan fingerprint density at radius 1 is 1.09 bits per heavy atom. The van der Waals surface area contributed by atoms with Gasteiger partial charge in [0.15, 0.2) is 5.96 Å². The number of hydrogen-bond acceptors (Lipinski definition) is 2. The van der Waals surface area contributed by atoms with Crippen molar-refractivity contribution in [3.63, 3.8) is 0 Å². The fourth-order valence-electron chi connectivity index (χ4n) is 2.25. The SMILES string of the molecule is CCNC(=NCc1ccc(OC)cc1)NC(C)c1ccccc1. The van der Waals surface area contributed by atoms with E-state index in [1.165, 1.54) is 5.56 Å². The lowest BCUT2D eigenvalue weighted by Crippen LogP contribution is -2.38. The van der Waals surface area contributed by atoms with Crippen molar-refractivity contribution in [1.29, 1.82) is 0 Å². The Morgan fingerprint density at radius 2 is 1.78 bits per heavy atom. The second kappa shape index (κ2) is 8.83. The number of nitrogens with one attached hydrogen (secondary N) is 2. The van der Waals surface area contributed by atoms with Gasteiger partial charge in [-0.2, -0.15) is 0 Å². The highest BCUT2D eigenvalue weighted by atomic mass is 16.5. The molecule has 0 aliphatic rings. The summed E-state index contributed by atoms with van der Waals surface area (Å²) in [5.41, 5.74) is 2.39. The number of ether oxygens (including phenoxy) is 1. The number of benzene rings is 2. The third-order valence-electron chi connectivity index (χ3n) is 3.58. The van der Waals surface area contributed by atoms with E-state index in [4.69, 9.17) is 4.74 Å². The van der Waals surface area contributed by atoms with E-state index >= 15 is 0 Å². The summed E-state index contributed by atoms with van der Waals surface area (Å²) in [5, 5.41) is 6.73. The molecule has 2 N–H and O–H groups in total. The van der Waals surface area contributed by atoms with Crippen LogP contribution in [0, 0.1) is 0 Å². The summed E-state index contributed by atoms with van der Waals surface area (Å²) >= 11 is 0. The number of guanidine groups is 1. The Morgan fingerprint density at radius 3 is 2.39 bits per heavy atom. The summed E-state index contributed by atoms with van der Waals surface area (Å²) in [5.74, 6) is 1.68. The van der Waals surface area contributed by atoms with Crippen molar-refractivity contribution in [3.8, 4) is 5.75 Å². The predicted molar refractivity (Wildman–Crippen MR) is 95.8 cm³/mol. The van der Waals surface area contributed by atoms with E-state index in [1.807, 2.05) is 30.3 Å². The Labute approximate surface area is 138 Å². The lowest BCUT2D eigenvalue weighted by molar-refractivity contribution is 0.414. The molecule has 1 atom stereocenters. The van der Waals surface area contributed by atoms with Gasteiger partial charge in [0.2, 0.25) is 0 Å². The molecule has 0 spiro atoms. The smallest absolute Gasteiger partial charge is 0.192 e. The van der Waals surface area contributed by atoms with Crippen LogP contribution in [0.3, 0.4) is 0 Å². The van der Waals surface area contributed by atoms with Crippen molar-refractivity contribution < 1.29 is 4.74 Å². The van der Waals surface area contributed by atoms with Gasteiger partial charge in [-0.1, -0.05) is 42.5 Å².